The number of aryl methyl sites for hydroxylation is 1. The van der Waals surface area contributed by atoms with Crippen LogP contribution in [0.1, 0.15) is 40.3 Å². The van der Waals surface area contributed by atoms with E-state index in [0.717, 1.165) is 49.6 Å². The average molecular weight is 701 g/mol. The van der Waals surface area contributed by atoms with Gasteiger partial charge in [0.1, 0.15) is 12.4 Å². The maximum Gasteiger partial charge on any atom is 0.271 e. The normalized spacial score (nSPS) is 15.5. The fourth-order valence-electron chi connectivity index (χ4n) is 6.55. The van der Waals surface area contributed by atoms with E-state index in [0.29, 0.717) is 33.7 Å². The molecular weight excluding hydrogens is 674 g/mol. The minimum atomic E-state index is -0.516. The second kappa shape index (κ2) is 11.9. The third kappa shape index (κ3) is 5.31. The van der Waals surface area contributed by atoms with Crippen molar-refractivity contribution in [3.05, 3.63) is 177 Å². The zero-order valence-electron chi connectivity index (χ0n) is 24.9. The Balaban J connectivity index is 1.33. The van der Waals surface area contributed by atoms with Gasteiger partial charge in [0.2, 0.25) is 0 Å². The number of ether oxygens (including phenoxy) is 1. The van der Waals surface area contributed by atoms with E-state index >= 15 is 0 Å². The smallest absolute Gasteiger partial charge is 0.271 e. The zero-order chi connectivity index (χ0) is 32.1. The number of benzene rings is 5. The number of nitro groups is 1. The van der Waals surface area contributed by atoms with Gasteiger partial charge in [-0.15, -0.1) is 0 Å². The molecule has 0 saturated carbocycles. The van der Waals surface area contributed by atoms with Crippen molar-refractivity contribution in [3.8, 4) is 5.75 Å². The fraction of sp³-hybridized carbons (Fsp3) is 0.105. The molecule has 2 heterocycles. The first-order chi connectivity index (χ1) is 22.9. The summed E-state index contributed by atoms with van der Waals surface area (Å²) in [5.74, 6) is 0.668. The van der Waals surface area contributed by atoms with Crippen molar-refractivity contribution in [2.45, 2.75) is 25.5 Å². The van der Waals surface area contributed by atoms with Crippen LogP contribution in [0.15, 0.2) is 129 Å². The Hall–Kier alpha value is -5.12. The van der Waals surface area contributed by atoms with E-state index in [1.54, 1.807) is 16.7 Å². The number of fused-ring (bicyclic) bond motifs is 4. The first kappa shape index (κ1) is 29.3. The molecule has 9 heteroatoms. The molecule has 2 aliphatic rings. The van der Waals surface area contributed by atoms with E-state index in [4.69, 9.17) is 9.73 Å². The lowest BCUT2D eigenvalue weighted by Crippen LogP contribution is -2.38. The molecule has 0 radical (unpaired) electrons. The lowest BCUT2D eigenvalue weighted by atomic mass is 9.83. The van der Waals surface area contributed by atoms with Crippen molar-refractivity contribution in [1.29, 1.82) is 0 Å². The van der Waals surface area contributed by atoms with Crippen molar-refractivity contribution in [2.24, 2.45) is 4.99 Å². The molecule has 230 valence electrons. The summed E-state index contributed by atoms with van der Waals surface area (Å²) in [5, 5.41) is 13.8. The minimum absolute atomic E-state index is 0.0108. The molecule has 5 aromatic carbocycles. The summed E-state index contributed by atoms with van der Waals surface area (Å²) >= 11 is 4.82. The number of aromatic nitrogens is 1. The number of thiazole rings is 1. The molecule has 0 unspecified atom stereocenters. The lowest BCUT2D eigenvalue weighted by Gasteiger charge is -2.30. The molecule has 7 nitrogen and oxygen atoms in total. The third-order valence-electron chi connectivity index (χ3n) is 8.78. The van der Waals surface area contributed by atoms with Crippen molar-refractivity contribution in [2.75, 3.05) is 0 Å². The molecule has 0 N–H and O–H groups in total. The molecule has 1 atom stereocenters. The maximum atomic E-state index is 14.5. The second-order valence-corrected chi connectivity index (χ2v) is 13.5. The summed E-state index contributed by atoms with van der Waals surface area (Å²) in [5.41, 5.74) is 6.41. The zero-order valence-corrected chi connectivity index (χ0v) is 27.3. The highest BCUT2D eigenvalue weighted by atomic mass is 79.9. The van der Waals surface area contributed by atoms with Gasteiger partial charge in [-0.05, 0) is 70.2 Å². The quantitative estimate of drug-likeness (QED) is 0.132. The highest BCUT2D eigenvalue weighted by molar-refractivity contribution is 9.10. The predicted octanol–water partition coefficient (Wildman–Crippen LogP) is 7.72. The van der Waals surface area contributed by atoms with Crippen molar-refractivity contribution in [1.82, 2.24) is 4.57 Å². The first-order valence-corrected chi connectivity index (χ1v) is 16.8. The van der Waals surface area contributed by atoms with Gasteiger partial charge in [0.15, 0.2) is 4.80 Å². The van der Waals surface area contributed by atoms with E-state index in [1.165, 1.54) is 23.0 Å². The van der Waals surface area contributed by atoms with E-state index in [2.05, 4.69) is 28.1 Å². The Morgan fingerprint density at radius 1 is 0.957 bits per heavy atom. The summed E-state index contributed by atoms with van der Waals surface area (Å²) < 4.78 is 9.61. The van der Waals surface area contributed by atoms with Crippen LogP contribution in [0.2, 0.25) is 0 Å². The Labute approximate surface area is 281 Å². The Kier molecular flexibility index (Phi) is 7.42. The number of nitro benzene ring substituents is 1. The van der Waals surface area contributed by atoms with Crippen LogP contribution in [0, 0.1) is 10.1 Å². The topological polar surface area (TPSA) is 86.7 Å². The number of hydrogen-bond donors (Lipinski definition) is 0. The Morgan fingerprint density at radius 2 is 1.77 bits per heavy atom. The van der Waals surface area contributed by atoms with Gasteiger partial charge in [-0.2, -0.15) is 0 Å². The molecule has 0 amide bonds. The van der Waals surface area contributed by atoms with Gasteiger partial charge in [0, 0.05) is 27.7 Å². The van der Waals surface area contributed by atoms with Gasteiger partial charge >= 0.3 is 0 Å². The van der Waals surface area contributed by atoms with Gasteiger partial charge in [0.25, 0.3) is 11.2 Å². The molecule has 1 aliphatic heterocycles. The standard InChI is InChI=1S/C38H26BrN3O4S/c39-27-16-12-23(13-17-27)22-46-33-19-15-24-6-1-3-10-29(24)32(33)21-34-37(43)41-36(26-8-5-9-28(20-26)42(44)45)31-18-14-25-7-2-4-11-30(25)35(31)40-38(41)47-34/h1-13,15-17,19-21,36H,14,18,22H2/b34-21+/t36-/m1/s1. The molecule has 0 fully saturated rings. The molecular formula is C38H26BrN3O4S. The van der Waals surface area contributed by atoms with Crippen LogP contribution < -0.4 is 19.6 Å². The van der Waals surface area contributed by atoms with Gasteiger partial charge in [-0.25, -0.2) is 4.99 Å². The summed E-state index contributed by atoms with van der Waals surface area (Å²) in [6.07, 6.45) is 3.41. The van der Waals surface area contributed by atoms with Crippen LogP contribution in [-0.4, -0.2) is 9.49 Å². The van der Waals surface area contributed by atoms with Crippen molar-refractivity contribution in [3.63, 3.8) is 0 Å². The summed E-state index contributed by atoms with van der Waals surface area (Å²) in [6.45, 7) is 0.368. The minimum Gasteiger partial charge on any atom is -0.488 e. The highest BCUT2D eigenvalue weighted by Gasteiger charge is 2.33. The number of halogens is 1. The third-order valence-corrected chi connectivity index (χ3v) is 10.3. The number of non-ortho nitro benzene ring substituents is 1. The summed E-state index contributed by atoms with van der Waals surface area (Å²) in [7, 11) is 0. The van der Waals surface area contributed by atoms with Gasteiger partial charge in [-0.1, -0.05) is 106 Å². The van der Waals surface area contributed by atoms with E-state index in [9.17, 15) is 14.9 Å². The number of rotatable bonds is 6. The van der Waals surface area contributed by atoms with E-state index in [-0.39, 0.29) is 11.2 Å². The number of hydrogen-bond acceptors (Lipinski definition) is 6. The van der Waals surface area contributed by atoms with Crippen molar-refractivity contribution < 1.29 is 9.66 Å². The monoisotopic (exact) mass is 699 g/mol. The lowest BCUT2D eigenvalue weighted by molar-refractivity contribution is -0.384. The van der Waals surface area contributed by atoms with Crippen LogP contribution >= 0.6 is 27.3 Å². The average Bonchev–Trinajstić information content (AvgIpc) is 3.41. The summed E-state index contributed by atoms with van der Waals surface area (Å²) in [4.78, 5) is 31.5. The summed E-state index contributed by atoms with van der Waals surface area (Å²) in [6, 6.07) is 34.3. The van der Waals surface area contributed by atoms with Crippen LogP contribution in [-0.2, 0) is 13.0 Å². The van der Waals surface area contributed by atoms with Gasteiger partial charge in [-0.3, -0.25) is 19.5 Å². The van der Waals surface area contributed by atoms with Crippen LogP contribution in [0.4, 0.5) is 5.69 Å². The molecule has 0 spiro atoms. The molecule has 47 heavy (non-hydrogen) atoms. The van der Waals surface area contributed by atoms with Crippen molar-refractivity contribution >= 4 is 55.5 Å². The van der Waals surface area contributed by atoms with Crippen LogP contribution in [0.25, 0.3) is 22.5 Å². The highest BCUT2D eigenvalue weighted by Crippen LogP contribution is 2.41. The second-order valence-electron chi connectivity index (χ2n) is 11.6. The van der Waals surface area contributed by atoms with E-state index < -0.39 is 11.0 Å². The largest absolute Gasteiger partial charge is 0.488 e. The molecule has 1 aromatic heterocycles. The predicted molar refractivity (Wildman–Crippen MR) is 188 cm³/mol. The number of allylic oxidation sites excluding steroid dienone is 1. The van der Waals surface area contributed by atoms with E-state index in [1.807, 2.05) is 84.9 Å². The number of nitrogens with zero attached hydrogens (tertiary/aromatic N) is 3. The molecule has 0 bridgehead atoms. The first-order valence-electron chi connectivity index (χ1n) is 15.2. The molecule has 0 saturated heterocycles. The molecule has 6 aromatic rings. The van der Waals surface area contributed by atoms with Crippen LogP contribution in [0.3, 0.4) is 0 Å². The molecule has 1 aliphatic carbocycles. The maximum absolute atomic E-state index is 14.5. The fourth-order valence-corrected chi connectivity index (χ4v) is 7.80. The van der Waals surface area contributed by atoms with Gasteiger partial charge in [0.05, 0.1) is 21.2 Å². The Bertz CT molecular complexity index is 2450. The van der Waals surface area contributed by atoms with Gasteiger partial charge < -0.3 is 4.74 Å². The molecule has 8 rings (SSSR count). The Morgan fingerprint density at radius 3 is 2.62 bits per heavy atom. The van der Waals surface area contributed by atoms with Crippen LogP contribution in [0.5, 0.6) is 5.75 Å². The SMILES string of the molecule is O=c1/c(=C\c2c(OCc3ccc(Br)cc3)ccc3ccccc23)sc2n1[C@H](c1cccc([N+](=O)[O-])c1)C1=C(N=2)c2ccccc2CC1.